The van der Waals surface area contributed by atoms with Crippen LogP contribution in [0.5, 0.6) is 5.88 Å². The minimum Gasteiger partial charge on any atom is -0.477 e. The summed E-state index contributed by atoms with van der Waals surface area (Å²) in [6.07, 6.45) is -1.70. The first-order chi connectivity index (χ1) is 8.29. The Kier molecular flexibility index (Phi) is 3.15. The van der Waals surface area contributed by atoms with Gasteiger partial charge in [-0.3, -0.25) is 5.10 Å². The van der Waals surface area contributed by atoms with E-state index in [-0.39, 0.29) is 19.4 Å². The fourth-order valence-electron chi connectivity index (χ4n) is 2.45. The normalized spacial score (nSPS) is 18.6. The van der Waals surface area contributed by atoms with Gasteiger partial charge in [0.05, 0.1) is 12.0 Å². The van der Waals surface area contributed by atoms with Crippen molar-refractivity contribution in [1.82, 2.24) is 10.2 Å². The van der Waals surface area contributed by atoms with Crippen molar-refractivity contribution >= 4 is 15.7 Å². The van der Waals surface area contributed by atoms with Crippen LogP contribution in [0.3, 0.4) is 0 Å². The zero-order valence-electron chi connectivity index (χ0n) is 10.5. The highest BCUT2D eigenvalue weighted by Crippen LogP contribution is 2.69. The highest BCUT2D eigenvalue weighted by Gasteiger charge is 2.69. The molecule has 1 aliphatic rings. The summed E-state index contributed by atoms with van der Waals surface area (Å²) >= 11 is 0. The molecule has 1 aliphatic carbocycles. The Morgan fingerprint density at radius 2 is 2.06 bits per heavy atom. The molecular weight excluding hydrogens is 243 g/mol. The van der Waals surface area contributed by atoms with E-state index in [0.717, 1.165) is 0 Å². The first-order valence-corrected chi connectivity index (χ1v) is 5.98. The maximum atomic E-state index is 13.0. The Balaban J connectivity index is 1.92. The van der Waals surface area contributed by atoms with Crippen molar-refractivity contribution in [3.8, 4) is 5.88 Å². The molecule has 0 saturated heterocycles. The minimum absolute atomic E-state index is 0.228. The number of alkyl halides is 3. The Morgan fingerprint density at radius 3 is 2.50 bits per heavy atom. The van der Waals surface area contributed by atoms with Gasteiger partial charge in [0.2, 0.25) is 5.88 Å². The van der Waals surface area contributed by atoms with Crippen LogP contribution in [0.4, 0.5) is 13.2 Å². The van der Waals surface area contributed by atoms with E-state index in [1.165, 1.54) is 0 Å². The third kappa shape index (κ3) is 2.24. The second kappa shape index (κ2) is 4.24. The largest absolute Gasteiger partial charge is 0.477 e. The Labute approximate surface area is 105 Å². The van der Waals surface area contributed by atoms with Crippen molar-refractivity contribution in [3.05, 3.63) is 12.3 Å². The van der Waals surface area contributed by atoms with E-state index >= 15 is 0 Å². The second-order valence-electron chi connectivity index (χ2n) is 5.47. The molecular formula is C10H15B2F3N2O. The van der Waals surface area contributed by atoms with Crippen molar-refractivity contribution < 1.29 is 17.9 Å². The highest BCUT2D eigenvalue weighted by atomic mass is 19.4. The molecule has 1 heterocycles. The molecule has 0 radical (unpaired) electrons. The molecule has 1 aromatic heterocycles. The molecule has 0 aromatic carbocycles. The number of halogens is 3. The molecule has 0 spiro atoms. The van der Waals surface area contributed by atoms with Gasteiger partial charge in [0.25, 0.3) is 0 Å². The summed E-state index contributed by atoms with van der Waals surface area (Å²) in [4.78, 5) is 0. The number of hydrogen-bond acceptors (Lipinski definition) is 2. The highest BCUT2D eigenvalue weighted by molar-refractivity contribution is 6.40. The molecule has 98 valence electrons. The van der Waals surface area contributed by atoms with Crippen LogP contribution in [0, 0.1) is 5.41 Å². The summed E-state index contributed by atoms with van der Waals surface area (Å²) in [6.45, 7) is 0.246. The quantitative estimate of drug-likeness (QED) is 0.797. The molecule has 1 saturated carbocycles. The van der Waals surface area contributed by atoms with Crippen LogP contribution in [-0.2, 0) is 0 Å². The van der Waals surface area contributed by atoms with Gasteiger partial charge in [0, 0.05) is 12.3 Å². The Bertz CT molecular complexity index is 402. The number of rotatable bonds is 5. The first kappa shape index (κ1) is 13.4. The van der Waals surface area contributed by atoms with E-state index in [0.29, 0.717) is 12.3 Å². The summed E-state index contributed by atoms with van der Waals surface area (Å²) in [5, 5.41) is 5.58. The maximum absolute atomic E-state index is 13.0. The summed E-state index contributed by atoms with van der Waals surface area (Å²) in [7, 11) is 3.34. The van der Waals surface area contributed by atoms with Gasteiger partial charge in [-0.1, -0.05) is 5.21 Å². The van der Waals surface area contributed by atoms with Crippen molar-refractivity contribution in [2.75, 3.05) is 6.61 Å². The van der Waals surface area contributed by atoms with Crippen molar-refractivity contribution in [2.45, 2.75) is 30.7 Å². The standard InChI is InChI=1S/C10H15B2F3N2O/c11-9(12,8(2-3-8)10(13,14)15)4-6-18-7-1-5-16-17-7/h1,5H,2-4,6,11-12H2,(H,16,17). The molecule has 18 heavy (non-hydrogen) atoms. The van der Waals surface area contributed by atoms with E-state index < -0.39 is 16.8 Å². The number of aromatic amines is 1. The lowest BCUT2D eigenvalue weighted by Gasteiger charge is -2.36. The SMILES string of the molecule is BC(B)(CCOc1cc[nH]n1)C1(C(F)(F)F)CC1. The van der Waals surface area contributed by atoms with Crippen LogP contribution >= 0.6 is 0 Å². The molecule has 2 rings (SSSR count). The monoisotopic (exact) mass is 258 g/mol. The third-order valence-electron chi connectivity index (χ3n) is 4.04. The fraction of sp³-hybridized carbons (Fsp3) is 0.700. The molecule has 1 fully saturated rings. The number of ether oxygens (including phenoxy) is 1. The number of aromatic nitrogens is 2. The molecule has 0 aliphatic heterocycles. The van der Waals surface area contributed by atoms with E-state index in [2.05, 4.69) is 10.2 Å². The predicted octanol–water partition coefficient (Wildman–Crippen LogP) is 0.903. The summed E-state index contributed by atoms with van der Waals surface area (Å²) in [5.74, 6) is 0.419. The molecule has 3 nitrogen and oxygen atoms in total. The van der Waals surface area contributed by atoms with Crippen LogP contribution in [0.1, 0.15) is 19.3 Å². The van der Waals surface area contributed by atoms with Gasteiger partial charge >= 0.3 is 6.18 Å². The van der Waals surface area contributed by atoms with Crippen LogP contribution in [0.15, 0.2) is 12.3 Å². The van der Waals surface area contributed by atoms with Crippen LogP contribution in [0.25, 0.3) is 0 Å². The third-order valence-corrected chi connectivity index (χ3v) is 4.04. The van der Waals surface area contributed by atoms with Crippen LogP contribution < -0.4 is 4.74 Å². The van der Waals surface area contributed by atoms with Gasteiger partial charge in [-0.25, -0.2) is 0 Å². The summed E-state index contributed by atoms with van der Waals surface area (Å²) < 4.78 is 44.4. The number of H-pyrrole nitrogens is 1. The zero-order valence-corrected chi connectivity index (χ0v) is 10.5. The lowest BCUT2D eigenvalue weighted by Crippen LogP contribution is -2.39. The summed E-state index contributed by atoms with van der Waals surface area (Å²) in [5.41, 5.74) is -1.52. The Hall–Kier alpha value is -1.07. The van der Waals surface area contributed by atoms with Gasteiger partial charge in [-0.2, -0.15) is 13.2 Å². The molecule has 0 bridgehead atoms. The van der Waals surface area contributed by atoms with Gasteiger partial charge < -0.3 is 4.74 Å². The topological polar surface area (TPSA) is 37.9 Å². The number of nitrogens with zero attached hydrogens (tertiary/aromatic N) is 1. The van der Waals surface area contributed by atoms with Crippen molar-refractivity contribution in [1.29, 1.82) is 0 Å². The van der Waals surface area contributed by atoms with E-state index in [4.69, 9.17) is 4.74 Å². The van der Waals surface area contributed by atoms with Gasteiger partial charge in [-0.05, 0) is 19.3 Å². The molecule has 1 aromatic rings. The van der Waals surface area contributed by atoms with Crippen molar-refractivity contribution in [3.63, 3.8) is 0 Å². The molecule has 1 N–H and O–H groups in total. The summed E-state index contributed by atoms with van der Waals surface area (Å²) in [6, 6.07) is 1.64. The van der Waals surface area contributed by atoms with Gasteiger partial charge in [0.15, 0.2) is 0 Å². The van der Waals surface area contributed by atoms with Crippen LogP contribution in [-0.4, -0.2) is 38.7 Å². The fourth-order valence-corrected chi connectivity index (χ4v) is 2.45. The average molecular weight is 258 g/mol. The minimum atomic E-state index is -4.12. The number of hydrogen-bond donors (Lipinski definition) is 1. The van der Waals surface area contributed by atoms with E-state index in [1.54, 1.807) is 28.0 Å². The van der Waals surface area contributed by atoms with E-state index in [1.807, 2.05) is 0 Å². The lowest BCUT2D eigenvalue weighted by molar-refractivity contribution is -0.192. The molecule has 0 unspecified atom stereocenters. The first-order valence-electron chi connectivity index (χ1n) is 5.98. The van der Waals surface area contributed by atoms with E-state index in [9.17, 15) is 13.2 Å². The van der Waals surface area contributed by atoms with Crippen LogP contribution in [0.2, 0.25) is 5.21 Å². The van der Waals surface area contributed by atoms with Gasteiger partial charge in [0.1, 0.15) is 15.7 Å². The molecule has 0 atom stereocenters. The molecule has 0 amide bonds. The molecule has 8 heteroatoms. The smallest absolute Gasteiger partial charge is 0.393 e. The lowest BCUT2D eigenvalue weighted by atomic mass is 9.45. The van der Waals surface area contributed by atoms with Crippen molar-refractivity contribution in [2.24, 2.45) is 5.41 Å². The maximum Gasteiger partial charge on any atom is 0.393 e. The second-order valence-corrected chi connectivity index (χ2v) is 5.47. The zero-order chi connectivity index (χ0) is 13.4. The predicted molar refractivity (Wildman–Crippen MR) is 66.2 cm³/mol. The number of nitrogens with one attached hydrogen (secondary N) is 1. The van der Waals surface area contributed by atoms with Gasteiger partial charge in [-0.15, -0.1) is 5.10 Å². The Morgan fingerprint density at radius 1 is 1.39 bits per heavy atom. The average Bonchev–Trinajstić information content (AvgIpc) is 2.93.